The van der Waals surface area contributed by atoms with E-state index in [1.807, 2.05) is 24.3 Å². The molecule has 0 saturated heterocycles. The summed E-state index contributed by atoms with van der Waals surface area (Å²) < 4.78 is 12.5. The molecule has 0 fully saturated rings. The van der Waals surface area contributed by atoms with E-state index in [-0.39, 0.29) is 5.41 Å². The molecule has 7 aromatic carbocycles. The Morgan fingerprint density at radius 3 is 2.02 bits per heavy atom. The Balaban J connectivity index is 1.26. The molecule has 2 heterocycles. The van der Waals surface area contributed by atoms with Crippen molar-refractivity contribution in [3.63, 3.8) is 0 Å². The summed E-state index contributed by atoms with van der Waals surface area (Å²) in [5.41, 5.74) is 12.2. The lowest BCUT2D eigenvalue weighted by atomic mass is 9.82. The molecule has 0 unspecified atom stereocenters. The Bertz CT molecular complexity index is 2690. The van der Waals surface area contributed by atoms with E-state index in [2.05, 4.69) is 134 Å². The van der Waals surface area contributed by atoms with Crippen LogP contribution in [0.5, 0.6) is 0 Å². The monoisotopic (exact) mass is 591 g/mol. The minimum Gasteiger partial charge on any atom is -0.456 e. The Morgan fingerprint density at radius 1 is 0.478 bits per heavy atom. The van der Waals surface area contributed by atoms with Crippen LogP contribution in [0.1, 0.15) is 25.0 Å². The average Bonchev–Trinajstić information content (AvgIpc) is 3.73. The number of fused-ring (bicyclic) bond motifs is 11. The van der Waals surface area contributed by atoms with E-state index in [0.717, 1.165) is 60.9 Å². The molecule has 0 bridgehead atoms. The number of hydrogen-bond donors (Lipinski definition) is 0. The van der Waals surface area contributed by atoms with Crippen molar-refractivity contribution < 1.29 is 8.83 Å². The van der Waals surface area contributed by atoms with Crippen molar-refractivity contribution in [1.29, 1.82) is 0 Å². The molecule has 9 aromatic rings. The molecule has 1 aliphatic rings. The zero-order valence-electron chi connectivity index (χ0n) is 25.5. The first-order valence-electron chi connectivity index (χ1n) is 15.9. The summed E-state index contributed by atoms with van der Waals surface area (Å²) in [4.78, 5) is 2.43. The Morgan fingerprint density at radius 2 is 1.13 bits per heavy atom. The summed E-state index contributed by atoms with van der Waals surface area (Å²) in [6.07, 6.45) is 0. The summed E-state index contributed by atoms with van der Waals surface area (Å²) >= 11 is 0. The van der Waals surface area contributed by atoms with Crippen LogP contribution in [0.4, 0.5) is 17.1 Å². The highest BCUT2D eigenvalue weighted by Gasteiger charge is 2.37. The molecule has 10 rings (SSSR count). The summed E-state index contributed by atoms with van der Waals surface area (Å²) in [6, 6.07) is 49.9. The zero-order chi connectivity index (χ0) is 30.6. The van der Waals surface area contributed by atoms with Gasteiger partial charge in [0.15, 0.2) is 0 Å². The molecule has 0 N–H and O–H groups in total. The second-order valence-corrected chi connectivity index (χ2v) is 12.9. The van der Waals surface area contributed by atoms with Gasteiger partial charge in [0.2, 0.25) is 0 Å². The van der Waals surface area contributed by atoms with E-state index < -0.39 is 0 Å². The third-order valence-electron chi connectivity index (χ3n) is 10.0. The van der Waals surface area contributed by atoms with Crippen LogP contribution in [0.15, 0.2) is 148 Å². The van der Waals surface area contributed by atoms with E-state index in [0.29, 0.717) is 0 Å². The lowest BCUT2D eigenvalue weighted by Gasteiger charge is -2.29. The van der Waals surface area contributed by atoms with E-state index in [1.54, 1.807) is 0 Å². The quantitative estimate of drug-likeness (QED) is 0.205. The molecule has 0 aliphatic heterocycles. The van der Waals surface area contributed by atoms with Crippen molar-refractivity contribution in [2.75, 3.05) is 4.90 Å². The summed E-state index contributed by atoms with van der Waals surface area (Å²) in [5.74, 6) is 0. The summed E-state index contributed by atoms with van der Waals surface area (Å²) in [5, 5.41) is 6.89. The molecule has 0 atom stereocenters. The minimum atomic E-state index is -0.102. The molecule has 46 heavy (non-hydrogen) atoms. The zero-order valence-corrected chi connectivity index (χ0v) is 25.5. The smallest absolute Gasteiger partial charge is 0.136 e. The maximum Gasteiger partial charge on any atom is 0.136 e. The topological polar surface area (TPSA) is 29.5 Å². The maximum atomic E-state index is 6.25. The Hall–Kier alpha value is -5.80. The van der Waals surface area contributed by atoms with E-state index in [1.165, 1.54) is 33.0 Å². The van der Waals surface area contributed by atoms with Crippen molar-refractivity contribution in [3.8, 4) is 11.1 Å². The molecule has 0 radical (unpaired) electrons. The van der Waals surface area contributed by atoms with Crippen LogP contribution in [-0.2, 0) is 5.41 Å². The van der Waals surface area contributed by atoms with Gasteiger partial charge >= 0.3 is 0 Å². The lowest BCUT2D eigenvalue weighted by Crippen LogP contribution is -2.16. The van der Waals surface area contributed by atoms with Crippen LogP contribution in [0.3, 0.4) is 0 Å². The normalized spacial score (nSPS) is 13.6. The first kappa shape index (κ1) is 25.5. The molecule has 2 aromatic heterocycles. The molecule has 3 nitrogen and oxygen atoms in total. The molecule has 3 heteroatoms. The third kappa shape index (κ3) is 3.43. The molecular weight excluding hydrogens is 562 g/mol. The fraction of sp³-hybridized carbons (Fsp3) is 0.0698. The van der Waals surface area contributed by atoms with Crippen molar-refractivity contribution in [1.82, 2.24) is 0 Å². The second-order valence-electron chi connectivity index (χ2n) is 12.9. The van der Waals surface area contributed by atoms with Crippen LogP contribution in [-0.4, -0.2) is 0 Å². The Kier molecular flexibility index (Phi) is 5.06. The highest BCUT2D eigenvalue weighted by atomic mass is 16.3. The molecule has 0 amide bonds. The summed E-state index contributed by atoms with van der Waals surface area (Å²) in [6.45, 7) is 4.68. The van der Waals surface area contributed by atoms with Crippen LogP contribution in [0.2, 0.25) is 0 Å². The van der Waals surface area contributed by atoms with Crippen LogP contribution in [0, 0.1) is 0 Å². The number of benzene rings is 7. The predicted octanol–water partition coefficient (Wildman–Crippen LogP) is 12.4. The van der Waals surface area contributed by atoms with Gasteiger partial charge in [-0.2, -0.15) is 0 Å². The largest absolute Gasteiger partial charge is 0.456 e. The number of rotatable bonds is 3. The predicted molar refractivity (Wildman–Crippen MR) is 191 cm³/mol. The highest BCUT2D eigenvalue weighted by molar-refractivity contribution is 6.19. The molecule has 218 valence electrons. The molecular formula is C43H29NO2. The molecule has 1 aliphatic carbocycles. The van der Waals surface area contributed by atoms with Crippen LogP contribution < -0.4 is 4.90 Å². The van der Waals surface area contributed by atoms with E-state index in [4.69, 9.17) is 8.83 Å². The van der Waals surface area contributed by atoms with Crippen molar-refractivity contribution in [3.05, 3.63) is 151 Å². The molecule has 0 saturated carbocycles. The van der Waals surface area contributed by atoms with Gasteiger partial charge in [-0.3, -0.25) is 0 Å². The van der Waals surface area contributed by atoms with Gasteiger partial charge < -0.3 is 13.7 Å². The summed E-state index contributed by atoms with van der Waals surface area (Å²) in [7, 11) is 0. The average molecular weight is 592 g/mol. The number of nitrogens with zero attached hydrogens (tertiary/aromatic N) is 1. The fourth-order valence-corrected chi connectivity index (χ4v) is 7.88. The second kappa shape index (κ2) is 9.12. The van der Waals surface area contributed by atoms with Crippen molar-refractivity contribution in [2.45, 2.75) is 19.3 Å². The van der Waals surface area contributed by atoms with Gasteiger partial charge in [0.05, 0.1) is 5.69 Å². The number of hydrogen-bond acceptors (Lipinski definition) is 3. The van der Waals surface area contributed by atoms with Crippen LogP contribution >= 0.6 is 0 Å². The van der Waals surface area contributed by atoms with Gasteiger partial charge in [-0.1, -0.05) is 98.8 Å². The number of anilines is 3. The van der Waals surface area contributed by atoms with Gasteiger partial charge in [0.25, 0.3) is 0 Å². The van der Waals surface area contributed by atoms with Crippen LogP contribution in [0.25, 0.3) is 65.8 Å². The van der Waals surface area contributed by atoms with E-state index in [9.17, 15) is 0 Å². The third-order valence-corrected chi connectivity index (χ3v) is 10.0. The number of furan rings is 2. The minimum absolute atomic E-state index is 0.102. The highest BCUT2D eigenvalue weighted by Crippen LogP contribution is 2.54. The van der Waals surface area contributed by atoms with Gasteiger partial charge in [-0.15, -0.1) is 0 Å². The maximum absolute atomic E-state index is 6.25. The first-order valence-corrected chi connectivity index (χ1v) is 15.9. The lowest BCUT2D eigenvalue weighted by molar-refractivity contribution is 0.660. The fourth-order valence-electron chi connectivity index (χ4n) is 7.88. The Labute approximate surface area is 265 Å². The van der Waals surface area contributed by atoms with Gasteiger partial charge in [0.1, 0.15) is 22.3 Å². The van der Waals surface area contributed by atoms with Gasteiger partial charge in [-0.05, 0) is 82.1 Å². The van der Waals surface area contributed by atoms with E-state index >= 15 is 0 Å². The standard InChI is InChI=1S/C43H29NO2/c1-43(2)34-13-6-3-11-31(34)42-35(43)14-9-15-36(42)44(28-20-23-39-33(25-28)30-10-4-7-16-37(30)45-39)27-19-21-29-26(24-27)18-22-40-41(29)32-12-5-8-17-38(32)46-40/h3-25H,1-2H3. The van der Waals surface area contributed by atoms with Gasteiger partial charge in [0, 0.05) is 43.9 Å². The molecule has 0 spiro atoms. The van der Waals surface area contributed by atoms with Crippen molar-refractivity contribution in [2.24, 2.45) is 0 Å². The van der Waals surface area contributed by atoms with Crippen molar-refractivity contribution >= 4 is 71.7 Å². The SMILES string of the molecule is CC1(C)c2ccccc2-c2c(N(c3ccc4c(ccc5oc6ccccc6c54)c3)c3ccc4oc5ccccc5c4c3)cccc21. The number of para-hydroxylation sites is 2. The van der Waals surface area contributed by atoms with Gasteiger partial charge in [-0.25, -0.2) is 0 Å². The first-order chi connectivity index (χ1) is 22.6.